The van der Waals surface area contributed by atoms with Gasteiger partial charge in [0.15, 0.2) is 5.66 Å². The van der Waals surface area contributed by atoms with E-state index in [9.17, 15) is 9.59 Å². The van der Waals surface area contributed by atoms with E-state index in [1.165, 1.54) is 0 Å². The Morgan fingerprint density at radius 1 is 1.10 bits per heavy atom. The van der Waals surface area contributed by atoms with Gasteiger partial charge in [-0.3, -0.25) is 14.6 Å². The van der Waals surface area contributed by atoms with Crippen LogP contribution in [0.25, 0.3) is 0 Å². The Morgan fingerprint density at radius 3 is 2.55 bits per heavy atom. The van der Waals surface area contributed by atoms with E-state index >= 15 is 0 Å². The number of carbonyl (C=O) groups excluding carboxylic acids is 2. The van der Waals surface area contributed by atoms with Crippen LogP contribution in [0.5, 0.6) is 5.75 Å². The fourth-order valence-corrected chi connectivity index (χ4v) is 4.82. The van der Waals surface area contributed by atoms with Crippen molar-refractivity contribution in [3.63, 3.8) is 0 Å². The molecule has 7 heteroatoms. The number of methoxy groups -OCH3 is 1. The number of halogens is 1. The van der Waals surface area contributed by atoms with Gasteiger partial charge < -0.3 is 14.5 Å². The van der Waals surface area contributed by atoms with E-state index in [2.05, 4.69) is 4.98 Å². The monoisotopic (exact) mass is 433 g/mol. The van der Waals surface area contributed by atoms with Crippen LogP contribution in [0.2, 0.25) is 5.02 Å². The van der Waals surface area contributed by atoms with Crippen molar-refractivity contribution >= 4 is 23.4 Å². The van der Waals surface area contributed by atoms with Crippen molar-refractivity contribution in [2.45, 2.75) is 12.1 Å². The fraction of sp³-hybridized carbons (Fsp3) is 0.208. The molecule has 1 unspecified atom stereocenters. The Labute approximate surface area is 185 Å². The van der Waals surface area contributed by atoms with Crippen LogP contribution in [0.3, 0.4) is 0 Å². The van der Waals surface area contributed by atoms with Crippen LogP contribution >= 0.6 is 11.6 Å². The number of carbonyl (C=O) groups is 2. The molecule has 3 aromatic rings. The summed E-state index contributed by atoms with van der Waals surface area (Å²) in [5, 5.41) is 0.597. The van der Waals surface area contributed by atoms with Gasteiger partial charge in [0, 0.05) is 41.6 Å². The topological polar surface area (TPSA) is 62.7 Å². The lowest BCUT2D eigenvalue weighted by atomic mass is 9.90. The zero-order chi connectivity index (χ0) is 21.6. The van der Waals surface area contributed by atoms with Gasteiger partial charge >= 0.3 is 0 Å². The van der Waals surface area contributed by atoms with Crippen LogP contribution in [0, 0.1) is 0 Å². The van der Waals surface area contributed by atoms with Gasteiger partial charge in [-0.2, -0.15) is 0 Å². The summed E-state index contributed by atoms with van der Waals surface area (Å²) in [6.45, 7) is 0.898. The first-order chi connectivity index (χ1) is 15.1. The van der Waals surface area contributed by atoms with Gasteiger partial charge in [0.1, 0.15) is 5.75 Å². The lowest BCUT2D eigenvalue weighted by molar-refractivity contribution is -0.135. The van der Waals surface area contributed by atoms with Gasteiger partial charge in [-0.1, -0.05) is 35.9 Å². The molecule has 2 aromatic carbocycles. The SMILES string of the molecule is COc1ccc(CC(=O)N2CCN3C(=O)c4cnccc4C23c2ccc(Cl)cc2)cc1. The van der Waals surface area contributed by atoms with Crippen molar-refractivity contribution in [3.05, 3.63) is 94.3 Å². The maximum absolute atomic E-state index is 13.6. The molecule has 5 rings (SSSR count). The minimum atomic E-state index is -0.997. The summed E-state index contributed by atoms with van der Waals surface area (Å²) in [5.74, 6) is 0.571. The Bertz CT molecular complexity index is 1160. The first-order valence-corrected chi connectivity index (χ1v) is 10.4. The highest BCUT2D eigenvalue weighted by Crippen LogP contribution is 2.49. The number of aromatic nitrogens is 1. The maximum Gasteiger partial charge on any atom is 0.258 e. The van der Waals surface area contributed by atoms with Crippen LogP contribution in [0.15, 0.2) is 67.0 Å². The number of fused-ring (bicyclic) bond motifs is 3. The molecule has 2 aliphatic heterocycles. The summed E-state index contributed by atoms with van der Waals surface area (Å²) in [4.78, 5) is 34.5. The number of hydrogen-bond acceptors (Lipinski definition) is 4. The zero-order valence-electron chi connectivity index (χ0n) is 16.9. The van der Waals surface area contributed by atoms with Crippen molar-refractivity contribution in [2.75, 3.05) is 20.2 Å². The van der Waals surface area contributed by atoms with Gasteiger partial charge in [-0.15, -0.1) is 0 Å². The lowest BCUT2D eigenvalue weighted by Gasteiger charge is -2.40. The molecule has 0 N–H and O–H groups in total. The van der Waals surface area contributed by atoms with Crippen molar-refractivity contribution in [1.82, 2.24) is 14.8 Å². The highest BCUT2D eigenvalue weighted by molar-refractivity contribution is 6.30. The average molecular weight is 434 g/mol. The third kappa shape index (κ3) is 2.90. The van der Waals surface area contributed by atoms with Crippen LogP contribution in [0.1, 0.15) is 27.0 Å². The third-order valence-electron chi connectivity index (χ3n) is 6.06. The summed E-state index contributed by atoms with van der Waals surface area (Å²) in [7, 11) is 1.61. The molecule has 6 nitrogen and oxygen atoms in total. The van der Waals surface area contributed by atoms with Crippen molar-refractivity contribution < 1.29 is 14.3 Å². The molecule has 2 aliphatic rings. The quantitative estimate of drug-likeness (QED) is 0.632. The fourth-order valence-electron chi connectivity index (χ4n) is 4.69. The molecule has 0 aliphatic carbocycles. The van der Waals surface area contributed by atoms with Gasteiger partial charge in [0.2, 0.25) is 5.91 Å². The van der Waals surface area contributed by atoms with E-state index in [0.29, 0.717) is 23.7 Å². The summed E-state index contributed by atoms with van der Waals surface area (Å²) >= 11 is 6.14. The van der Waals surface area contributed by atoms with Gasteiger partial charge in [-0.05, 0) is 35.9 Å². The minimum Gasteiger partial charge on any atom is -0.497 e. The number of ether oxygens (including phenoxy) is 1. The van der Waals surface area contributed by atoms with Gasteiger partial charge in [0.05, 0.1) is 19.1 Å². The Balaban J connectivity index is 1.61. The Hall–Kier alpha value is -3.38. The van der Waals surface area contributed by atoms with Gasteiger partial charge in [-0.25, -0.2) is 0 Å². The highest BCUT2D eigenvalue weighted by Gasteiger charge is 2.59. The molecule has 1 aromatic heterocycles. The second-order valence-electron chi connectivity index (χ2n) is 7.63. The molecule has 0 bridgehead atoms. The van der Waals surface area contributed by atoms with Crippen molar-refractivity contribution in [2.24, 2.45) is 0 Å². The van der Waals surface area contributed by atoms with Crippen LogP contribution in [0.4, 0.5) is 0 Å². The molecule has 2 amide bonds. The maximum atomic E-state index is 13.6. The number of rotatable bonds is 4. The number of amides is 2. The smallest absolute Gasteiger partial charge is 0.258 e. The van der Waals surface area contributed by atoms with Crippen molar-refractivity contribution in [3.8, 4) is 5.75 Å². The highest BCUT2D eigenvalue weighted by atomic mass is 35.5. The predicted octanol–water partition coefficient (Wildman–Crippen LogP) is 3.49. The van der Waals surface area contributed by atoms with E-state index in [0.717, 1.165) is 22.4 Å². The molecule has 0 spiro atoms. The van der Waals surface area contributed by atoms with E-state index in [1.54, 1.807) is 36.5 Å². The molecule has 31 heavy (non-hydrogen) atoms. The number of benzene rings is 2. The molecule has 0 saturated carbocycles. The first kappa shape index (κ1) is 19.6. The van der Waals surface area contributed by atoms with E-state index in [4.69, 9.17) is 16.3 Å². The van der Waals surface area contributed by atoms with E-state index in [-0.39, 0.29) is 18.2 Å². The molecule has 0 radical (unpaired) electrons. The number of nitrogens with zero attached hydrogens (tertiary/aromatic N) is 3. The van der Waals surface area contributed by atoms with Gasteiger partial charge in [0.25, 0.3) is 5.91 Å². The average Bonchev–Trinajstić information content (AvgIpc) is 3.31. The summed E-state index contributed by atoms with van der Waals surface area (Å²) in [5.41, 5.74) is 2.02. The molecule has 1 atom stereocenters. The van der Waals surface area contributed by atoms with Crippen molar-refractivity contribution in [1.29, 1.82) is 0 Å². The summed E-state index contributed by atoms with van der Waals surface area (Å²) in [6, 6.07) is 16.6. The first-order valence-electron chi connectivity index (χ1n) is 10.0. The van der Waals surface area contributed by atoms with E-state index < -0.39 is 5.66 Å². The second-order valence-corrected chi connectivity index (χ2v) is 8.06. The third-order valence-corrected chi connectivity index (χ3v) is 6.31. The predicted molar refractivity (Wildman–Crippen MR) is 116 cm³/mol. The lowest BCUT2D eigenvalue weighted by Crippen LogP contribution is -2.52. The number of pyridine rings is 1. The normalized spacial score (nSPS) is 19.4. The van der Waals surface area contributed by atoms with Crippen LogP contribution in [-0.4, -0.2) is 46.8 Å². The molecule has 1 fully saturated rings. The van der Waals surface area contributed by atoms with Crippen LogP contribution < -0.4 is 4.74 Å². The minimum absolute atomic E-state index is 0.0555. The molecular weight excluding hydrogens is 414 g/mol. The molecule has 3 heterocycles. The summed E-state index contributed by atoms with van der Waals surface area (Å²) < 4.78 is 5.21. The number of hydrogen-bond donors (Lipinski definition) is 0. The van der Waals surface area contributed by atoms with Crippen LogP contribution in [-0.2, 0) is 16.9 Å². The molecular formula is C24H20ClN3O3. The Morgan fingerprint density at radius 2 is 1.84 bits per heavy atom. The summed E-state index contributed by atoms with van der Waals surface area (Å²) in [6.07, 6.45) is 3.47. The standard InChI is InChI=1S/C24H20ClN3O3/c1-31-19-8-2-16(3-9-19)14-22(29)27-12-13-28-23(30)20-15-26-11-10-21(20)24(27,28)17-4-6-18(25)7-5-17/h2-11,15H,12-14H2,1H3. The Kier molecular flexibility index (Phi) is 4.67. The largest absolute Gasteiger partial charge is 0.497 e. The van der Waals surface area contributed by atoms with E-state index in [1.807, 2.05) is 47.4 Å². The molecule has 156 valence electrons. The molecule has 1 saturated heterocycles. The zero-order valence-corrected chi connectivity index (χ0v) is 17.7. The second kappa shape index (κ2) is 7.39.